The molecule has 1 aliphatic rings. The normalized spacial score (nSPS) is 15.8. The zero-order chi connectivity index (χ0) is 14.4. The van der Waals surface area contributed by atoms with E-state index in [4.69, 9.17) is 5.11 Å². The first-order valence-electron chi connectivity index (χ1n) is 7.14. The molecule has 1 heterocycles. The molecule has 1 aliphatic carbocycles. The lowest BCUT2D eigenvalue weighted by molar-refractivity contribution is -0.116. The summed E-state index contributed by atoms with van der Waals surface area (Å²) in [4.78, 5) is 26.4. The standard InChI is InChI=1S/C15H20N2O3/c18-14(7-6-11-4-2-1-3-5-11)17-12-8-9-16-13(10-12)15(19)20/h8-11H,1-7H2,(H,19,20)(H,16,17,18). The average molecular weight is 276 g/mol. The first kappa shape index (κ1) is 14.5. The maximum absolute atomic E-state index is 11.9. The number of carboxylic acid groups (broad SMARTS) is 1. The van der Waals surface area contributed by atoms with Gasteiger partial charge in [-0.05, 0) is 24.5 Å². The lowest BCUT2D eigenvalue weighted by Crippen LogP contribution is -2.15. The summed E-state index contributed by atoms with van der Waals surface area (Å²) in [5.74, 6) is -0.483. The average Bonchev–Trinajstić information content (AvgIpc) is 2.46. The van der Waals surface area contributed by atoms with Crippen molar-refractivity contribution in [2.45, 2.75) is 44.9 Å². The van der Waals surface area contributed by atoms with Crippen LogP contribution in [0.2, 0.25) is 0 Å². The summed E-state index contributed by atoms with van der Waals surface area (Å²) >= 11 is 0. The first-order valence-corrected chi connectivity index (χ1v) is 7.14. The van der Waals surface area contributed by atoms with Crippen molar-refractivity contribution in [3.8, 4) is 0 Å². The van der Waals surface area contributed by atoms with Gasteiger partial charge in [0, 0.05) is 18.3 Å². The van der Waals surface area contributed by atoms with Crippen molar-refractivity contribution in [3.05, 3.63) is 24.0 Å². The Kier molecular flexibility index (Phi) is 5.09. The highest BCUT2D eigenvalue weighted by atomic mass is 16.4. The Hall–Kier alpha value is -1.91. The van der Waals surface area contributed by atoms with Gasteiger partial charge < -0.3 is 10.4 Å². The molecule has 0 radical (unpaired) electrons. The number of amides is 1. The Morgan fingerprint density at radius 1 is 1.30 bits per heavy atom. The Labute approximate surface area is 118 Å². The highest BCUT2D eigenvalue weighted by Crippen LogP contribution is 2.27. The second-order valence-corrected chi connectivity index (χ2v) is 5.33. The number of carbonyl (C=O) groups excluding carboxylic acids is 1. The highest BCUT2D eigenvalue weighted by molar-refractivity contribution is 5.92. The smallest absolute Gasteiger partial charge is 0.354 e. The fourth-order valence-electron chi connectivity index (χ4n) is 2.66. The largest absolute Gasteiger partial charge is 0.477 e. The van der Waals surface area contributed by atoms with Crippen molar-refractivity contribution in [2.75, 3.05) is 5.32 Å². The molecule has 0 spiro atoms. The van der Waals surface area contributed by atoms with Crippen LogP contribution in [-0.2, 0) is 4.79 Å². The Balaban J connectivity index is 1.81. The van der Waals surface area contributed by atoms with Crippen LogP contribution in [0.4, 0.5) is 5.69 Å². The third-order valence-electron chi connectivity index (χ3n) is 3.77. The molecule has 5 nitrogen and oxygen atoms in total. The number of anilines is 1. The molecule has 108 valence electrons. The number of carboxylic acids is 1. The minimum absolute atomic E-state index is 0.0573. The van der Waals surface area contributed by atoms with Crippen LogP contribution in [0.25, 0.3) is 0 Å². The monoisotopic (exact) mass is 276 g/mol. The highest BCUT2D eigenvalue weighted by Gasteiger charge is 2.15. The Morgan fingerprint density at radius 2 is 2.05 bits per heavy atom. The van der Waals surface area contributed by atoms with E-state index in [2.05, 4.69) is 10.3 Å². The van der Waals surface area contributed by atoms with Crippen LogP contribution in [0.3, 0.4) is 0 Å². The van der Waals surface area contributed by atoms with E-state index >= 15 is 0 Å². The van der Waals surface area contributed by atoms with Crippen LogP contribution in [0, 0.1) is 5.92 Å². The molecule has 5 heteroatoms. The summed E-state index contributed by atoms with van der Waals surface area (Å²) in [5, 5.41) is 11.6. The number of nitrogens with zero attached hydrogens (tertiary/aromatic N) is 1. The van der Waals surface area contributed by atoms with E-state index in [0.717, 1.165) is 6.42 Å². The molecule has 0 atom stereocenters. The molecule has 1 aromatic heterocycles. The molecule has 0 aromatic carbocycles. The molecule has 1 fully saturated rings. The quantitative estimate of drug-likeness (QED) is 0.866. The molecule has 0 bridgehead atoms. The van der Waals surface area contributed by atoms with E-state index in [9.17, 15) is 9.59 Å². The number of aromatic carboxylic acids is 1. The Morgan fingerprint density at radius 3 is 2.75 bits per heavy atom. The van der Waals surface area contributed by atoms with E-state index < -0.39 is 5.97 Å². The van der Waals surface area contributed by atoms with Crippen molar-refractivity contribution in [1.29, 1.82) is 0 Å². The number of rotatable bonds is 5. The molecular formula is C15H20N2O3. The van der Waals surface area contributed by atoms with Crippen molar-refractivity contribution in [2.24, 2.45) is 5.92 Å². The maximum Gasteiger partial charge on any atom is 0.354 e. The van der Waals surface area contributed by atoms with Crippen LogP contribution >= 0.6 is 0 Å². The van der Waals surface area contributed by atoms with Crippen molar-refractivity contribution in [3.63, 3.8) is 0 Å². The zero-order valence-electron chi connectivity index (χ0n) is 11.5. The summed E-state index contributed by atoms with van der Waals surface area (Å²) in [6, 6.07) is 2.98. The van der Waals surface area contributed by atoms with Gasteiger partial charge in [-0.1, -0.05) is 32.1 Å². The summed E-state index contributed by atoms with van der Waals surface area (Å²) < 4.78 is 0. The van der Waals surface area contributed by atoms with Gasteiger partial charge in [-0.25, -0.2) is 9.78 Å². The lowest BCUT2D eigenvalue weighted by Gasteiger charge is -2.20. The predicted molar refractivity (Wildman–Crippen MR) is 75.6 cm³/mol. The molecule has 0 saturated heterocycles. The van der Waals surface area contributed by atoms with Crippen LogP contribution in [0.5, 0.6) is 0 Å². The van der Waals surface area contributed by atoms with Gasteiger partial charge in [0.15, 0.2) is 0 Å². The second-order valence-electron chi connectivity index (χ2n) is 5.33. The van der Waals surface area contributed by atoms with Crippen LogP contribution in [0.15, 0.2) is 18.3 Å². The predicted octanol–water partition coefficient (Wildman–Crippen LogP) is 3.08. The number of pyridine rings is 1. The molecule has 2 rings (SSSR count). The Bertz CT molecular complexity index is 482. The maximum atomic E-state index is 11.9. The third-order valence-corrected chi connectivity index (χ3v) is 3.77. The number of aromatic nitrogens is 1. The van der Waals surface area contributed by atoms with Crippen molar-refractivity contribution >= 4 is 17.6 Å². The summed E-state index contributed by atoms with van der Waals surface area (Å²) in [5.41, 5.74) is 0.432. The number of nitrogens with one attached hydrogen (secondary N) is 1. The topological polar surface area (TPSA) is 79.3 Å². The van der Waals surface area contributed by atoms with Crippen molar-refractivity contribution < 1.29 is 14.7 Å². The van der Waals surface area contributed by atoms with Gasteiger partial charge in [0.25, 0.3) is 0 Å². The third kappa shape index (κ3) is 4.33. The number of carbonyl (C=O) groups is 2. The molecular weight excluding hydrogens is 256 g/mol. The molecule has 1 aromatic rings. The SMILES string of the molecule is O=C(CCC1CCCCC1)Nc1ccnc(C(=O)O)c1. The van der Waals surface area contributed by atoms with Gasteiger partial charge in [0.1, 0.15) is 5.69 Å². The molecule has 0 unspecified atom stereocenters. The fraction of sp³-hybridized carbons (Fsp3) is 0.533. The van der Waals surface area contributed by atoms with E-state index in [-0.39, 0.29) is 11.6 Å². The van der Waals surface area contributed by atoms with Gasteiger partial charge in [0.05, 0.1) is 0 Å². The van der Waals surface area contributed by atoms with E-state index in [1.807, 2.05) is 0 Å². The first-order chi connectivity index (χ1) is 9.65. The fourth-order valence-corrected chi connectivity index (χ4v) is 2.66. The second kappa shape index (κ2) is 7.03. The number of hydrogen-bond donors (Lipinski definition) is 2. The molecule has 0 aliphatic heterocycles. The van der Waals surface area contributed by atoms with E-state index in [0.29, 0.717) is 18.0 Å². The molecule has 2 N–H and O–H groups in total. The van der Waals surface area contributed by atoms with E-state index in [1.54, 1.807) is 6.07 Å². The summed E-state index contributed by atoms with van der Waals surface area (Å²) in [7, 11) is 0. The summed E-state index contributed by atoms with van der Waals surface area (Å²) in [6.45, 7) is 0. The lowest BCUT2D eigenvalue weighted by atomic mass is 9.86. The van der Waals surface area contributed by atoms with Gasteiger partial charge >= 0.3 is 5.97 Å². The van der Waals surface area contributed by atoms with Crippen LogP contribution in [-0.4, -0.2) is 22.0 Å². The minimum Gasteiger partial charge on any atom is -0.477 e. The van der Waals surface area contributed by atoms with Gasteiger partial charge in [0.2, 0.25) is 5.91 Å². The molecule has 1 saturated carbocycles. The van der Waals surface area contributed by atoms with Crippen molar-refractivity contribution in [1.82, 2.24) is 4.98 Å². The minimum atomic E-state index is -1.09. The molecule has 1 amide bonds. The van der Waals surface area contributed by atoms with Gasteiger partial charge in [-0.3, -0.25) is 4.79 Å². The molecule has 20 heavy (non-hydrogen) atoms. The summed E-state index contributed by atoms with van der Waals surface area (Å²) in [6.07, 6.45) is 9.13. The number of hydrogen-bond acceptors (Lipinski definition) is 3. The van der Waals surface area contributed by atoms with Crippen LogP contribution in [0.1, 0.15) is 55.4 Å². The zero-order valence-corrected chi connectivity index (χ0v) is 11.5. The van der Waals surface area contributed by atoms with Gasteiger partial charge in [-0.2, -0.15) is 0 Å². The van der Waals surface area contributed by atoms with E-state index in [1.165, 1.54) is 44.4 Å². The van der Waals surface area contributed by atoms with Gasteiger partial charge in [-0.15, -0.1) is 0 Å². The van der Waals surface area contributed by atoms with Crippen LogP contribution < -0.4 is 5.32 Å².